The summed E-state index contributed by atoms with van der Waals surface area (Å²) in [5.41, 5.74) is 3.27. The van der Waals surface area contributed by atoms with Crippen LogP contribution in [-0.2, 0) is 6.42 Å². The molecular formula is C16H15NO. The molecule has 2 nitrogen and oxygen atoms in total. The van der Waals surface area contributed by atoms with Gasteiger partial charge in [0, 0.05) is 5.56 Å². The second kappa shape index (κ2) is 4.65. The first-order valence-electron chi connectivity index (χ1n) is 6.30. The number of hydrogen-bond acceptors (Lipinski definition) is 2. The second-order valence-electron chi connectivity index (χ2n) is 4.36. The van der Waals surface area contributed by atoms with Gasteiger partial charge >= 0.3 is 0 Å². The van der Waals surface area contributed by atoms with Crippen molar-refractivity contribution in [2.24, 2.45) is 0 Å². The Morgan fingerprint density at radius 2 is 1.89 bits per heavy atom. The molecule has 1 aliphatic carbocycles. The van der Waals surface area contributed by atoms with Gasteiger partial charge in [-0.15, -0.1) is 0 Å². The van der Waals surface area contributed by atoms with E-state index >= 15 is 0 Å². The van der Waals surface area contributed by atoms with Crippen molar-refractivity contribution < 1.29 is 4.42 Å². The highest BCUT2D eigenvalue weighted by atomic mass is 16.4. The molecule has 2 heteroatoms. The summed E-state index contributed by atoms with van der Waals surface area (Å²) >= 11 is 0. The molecule has 0 amide bonds. The summed E-state index contributed by atoms with van der Waals surface area (Å²) in [6, 6.07) is 8.38. The van der Waals surface area contributed by atoms with E-state index in [0.717, 1.165) is 29.9 Å². The Bertz CT molecular complexity index is 573. The molecule has 90 valence electrons. The summed E-state index contributed by atoms with van der Waals surface area (Å²) in [5.74, 6) is 1.54. The largest absolute Gasteiger partial charge is 0.436 e. The van der Waals surface area contributed by atoms with E-state index in [-0.39, 0.29) is 0 Å². The minimum atomic E-state index is 0.693. The molecule has 2 aromatic rings. The minimum absolute atomic E-state index is 0.693. The molecular weight excluding hydrogens is 222 g/mol. The predicted molar refractivity (Wildman–Crippen MR) is 74.0 cm³/mol. The van der Waals surface area contributed by atoms with Gasteiger partial charge in [-0.1, -0.05) is 31.2 Å². The highest BCUT2D eigenvalue weighted by molar-refractivity contribution is 5.65. The summed E-state index contributed by atoms with van der Waals surface area (Å²) in [7, 11) is 0. The fourth-order valence-electron chi connectivity index (χ4n) is 2.02. The van der Waals surface area contributed by atoms with E-state index < -0.39 is 0 Å². The Hall–Kier alpha value is -2.09. The fraction of sp³-hybridized carbons (Fsp3) is 0.188. The summed E-state index contributed by atoms with van der Waals surface area (Å²) in [6.07, 6.45) is 10.2. The Morgan fingerprint density at radius 1 is 1.11 bits per heavy atom. The molecule has 0 unspecified atom stereocenters. The maximum Gasteiger partial charge on any atom is 0.227 e. The van der Waals surface area contributed by atoms with E-state index in [0.29, 0.717) is 5.89 Å². The molecule has 1 aromatic heterocycles. The Balaban J connectivity index is 1.99. The van der Waals surface area contributed by atoms with E-state index in [1.807, 2.05) is 12.2 Å². The van der Waals surface area contributed by atoms with Crippen LogP contribution in [0.15, 0.2) is 40.8 Å². The Labute approximate surface area is 107 Å². The zero-order valence-corrected chi connectivity index (χ0v) is 10.4. The lowest BCUT2D eigenvalue weighted by Gasteiger charge is -1.98. The van der Waals surface area contributed by atoms with Crippen LogP contribution >= 0.6 is 0 Å². The number of aromatic nitrogens is 1. The third-order valence-electron chi connectivity index (χ3n) is 3.11. The monoisotopic (exact) mass is 237 g/mol. The number of rotatable bonds is 2. The predicted octanol–water partition coefficient (Wildman–Crippen LogP) is 4.33. The van der Waals surface area contributed by atoms with Gasteiger partial charge in [-0.3, -0.25) is 0 Å². The number of nitrogens with zero attached hydrogens (tertiary/aromatic N) is 1. The number of hydrogen-bond donors (Lipinski definition) is 0. The summed E-state index contributed by atoms with van der Waals surface area (Å²) in [6.45, 7) is 2.15. The van der Waals surface area contributed by atoms with Crippen LogP contribution in [0.5, 0.6) is 0 Å². The average molecular weight is 237 g/mol. The standard InChI is InChI=1S/C16H15NO/c1-2-12-8-10-13(11-9-12)16-17-14-6-4-3-5-7-15(14)18-16/h4-11H,2-3H2,1H3. The van der Waals surface area contributed by atoms with Crippen LogP contribution in [0.3, 0.4) is 0 Å². The molecule has 0 atom stereocenters. The van der Waals surface area contributed by atoms with Crippen LogP contribution in [0.4, 0.5) is 0 Å². The Morgan fingerprint density at radius 3 is 2.67 bits per heavy atom. The average Bonchev–Trinajstić information content (AvgIpc) is 2.70. The van der Waals surface area contributed by atoms with Crippen molar-refractivity contribution in [3.8, 4) is 11.5 Å². The SMILES string of the molecule is CCc1ccc(-c2nc3c(o2)C=CCC=C3)cc1. The second-order valence-corrected chi connectivity index (χ2v) is 4.36. The Kier molecular flexibility index (Phi) is 2.85. The molecule has 1 heterocycles. The van der Waals surface area contributed by atoms with Gasteiger partial charge in [-0.25, -0.2) is 4.98 Å². The van der Waals surface area contributed by atoms with Crippen LogP contribution in [-0.4, -0.2) is 4.98 Å². The number of allylic oxidation sites excluding steroid dienone is 2. The molecule has 0 N–H and O–H groups in total. The lowest BCUT2D eigenvalue weighted by atomic mass is 10.1. The lowest BCUT2D eigenvalue weighted by molar-refractivity contribution is 0.564. The number of oxazole rings is 1. The zero-order chi connectivity index (χ0) is 12.4. The van der Waals surface area contributed by atoms with E-state index in [1.54, 1.807) is 0 Å². The smallest absolute Gasteiger partial charge is 0.227 e. The van der Waals surface area contributed by atoms with Crippen LogP contribution in [0.25, 0.3) is 23.6 Å². The van der Waals surface area contributed by atoms with E-state index in [9.17, 15) is 0 Å². The van der Waals surface area contributed by atoms with Crippen LogP contribution in [0.1, 0.15) is 30.4 Å². The van der Waals surface area contributed by atoms with E-state index in [1.165, 1.54) is 5.56 Å². The maximum absolute atomic E-state index is 5.80. The molecule has 0 bridgehead atoms. The number of benzene rings is 1. The first kappa shape index (κ1) is 11.0. The third kappa shape index (κ3) is 2.02. The van der Waals surface area contributed by atoms with Crippen molar-refractivity contribution in [1.82, 2.24) is 4.98 Å². The van der Waals surface area contributed by atoms with Gasteiger partial charge in [0.15, 0.2) is 5.76 Å². The number of fused-ring (bicyclic) bond motifs is 1. The molecule has 1 aliphatic rings. The molecule has 1 aromatic carbocycles. The van der Waals surface area contributed by atoms with E-state index in [4.69, 9.17) is 4.42 Å². The summed E-state index contributed by atoms with van der Waals surface area (Å²) < 4.78 is 5.80. The van der Waals surface area contributed by atoms with Crippen LogP contribution in [0.2, 0.25) is 0 Å². The highest BCUT2D eigenvalue weighted by Crippen LogP contribution is 2.25. The van der Waals surface area contributed by atoms with E-state index in [2.05, 4.69) is 48.3 Å². The van der Waals surface area contributed by atoms with Crippen molar-refractivity contribution in [2.75, 3.05) is 0 Å². The molecule has 0 fully saturated rings. The topological polar surface area (TPSA) is 26.0 Å². The first-order valence-corrected chi connectivity index (χ1v) is 6.30. The van der Waals surface area contributed by atoms with Gasteiger partial charge in [0.25, 0.3) is 0 Å². The molecule has 0 saturated carbocycles. The van der Waals surface area contributed by atoms with Crippen LogP contribution < -0.4 is 0 Å². The summed E-state index contributed by atoms with van der Waals surface area (Å²) in [5, 5.41) is 0. The van der Waals surface area contributed by atoms with Gasteiger partial charge in [-0.05, 0) is 42.7 Å². The first-order chi connectivity index (χ1) is 8.86. The minimum Gasteiger partial charge on any atom is -0.436 e. The molecule has 0 aliphatic heterocycles. The fourth-order valence-corrected chi connectivity index (χ4v) is 2.02. The summed E-state index contributed by atoms with van der Waals surface area (Å²) in [4.78, 5) is 4.53. The third-order valence-corrected chi connectivity index (χ3v) is 3.11. The van der Waals surface area contributed by atoms with Crippen molar-refractivity contribution in [1.29, 1.82) is 0 Å². The normalized spacial score (nSPS) is 13.4. The number of aryl methyl sites for hydroxylation is 1. The molecule has 3 rings (SSSR count). The van der Waals surface area contributed by atoms with Gasteiger partial charge in [0.1, 0.15) is 5.69 Å². The van der Waals surface area contributed by atoms with Crippen molar-refractivity contribution in [2.45, 2.75) is 19.8 Å². The molecule has 0 radical (unpaired) electrons. The highest BCUT2D eigenvalue weighted by Gasteiger charge is 2.11. The molecule has 0 saturated heterocycles. The molecule has 0 spiro atoms. The van der Waals surface area contributed by atoms with Gasteiger partial charge in [0.05, 0.1) is 0 Å². The zero-order valence-electron chi connectivity index (χ0n) is 10.4. The molecule has 18 heavy (non-hydrogen) atoms. The van der Waals surface area contributed by atoms with Gasteiger partial charge in [0.2, 0.25) is 5.89 Å². The lowest BCUT2D eigenvalue weighted by Crippen LogP contribution is -1.81. The quantitative estimate of drug-likeness (QED) is 0.776. The van der Waals surface area contributed by atoms with Crippen molar-refractivity contribution in [3.63, 3.8) is 0 Å². The van der Waals surface area contributed by atoms with Crippen LogP contribution in [0, 0.1) is 0 Å². The van der Waals surface area contributed by atoms with Crippen molar-refractivity contribution >= 4 is 12.2 Å². The van der Waals surface area contributed by atoms with Gasteiger partial charge in [-0.2, -0.15) is 0 Å². The maximum atomic E-state index is 5.80. The van der Waals surface area contributed by atoms with Crippen molar-refractivity contribution in [3.05, 3.63) is 53.4 Å². The van der Waals surface area contributed by atoms with Gasteiger partial charge < -0.3 is 4.42 Å².